The largest absolute Gasteiger partial charge is 0.348 e. The molecule has 1 aromatic heterocycles. The average Bonchev–Trinajstić information content (AvgIpc) is 3.30. The van der Waals surface area contributed by atoms with Crippen molar-refractivity contribution in [1.82, 2.24) is 20.3 Å². The third-order valence-corrected chi connectivity index (χ3v) is 5.49. The van der Waals surface area contributed by atoms with Gasteiger partial charge in [-0.05, 0) is 43.0 Å². The molecular formula is C20H19BrN4O. The van der Waals surface area contributed by atoms with E-state index < -0.39 is 0 Å². The van der Waals surface area contributed by atoms with E-state index in [1.165, 1.54) is 5.56 Å². The summed E-state index contributed by atoms with van der Waals surface area (Å²) in [5, 5.41) is 11.4. The molecule has 1 fully saturated rings. The van der Waals surface area contributed by atoms with E-state index in [0.29, 0.717) is 0 Å². The van der Waals surface area contributed by atoms with Crippen molar-refractivity contribution < 1.29 is 4.79 Å². The maximum absolute atomic E-state index is 12.6. The SMILES string of the molecule is CC(NC(=O)C1CC1c1ccccc1Br)c1cn(-c2ccccc2)nn1. The van der Waals surface area contributed by atoms with Crippen LogP contribution in [0.1, 0.15) is 36.6 Å². The van der Waals surface area contributed by atoms with Gasteiger partial charge >= 0.3 is 0 Å². The third-order valence-electron chi connectivity index (χ3n) is 4.77. The normalized spacial score (nSPS) is 19.8. The van der Waals surface area contributed by atoms with E-state index in [-0.39, 0.29) is 23.8 Å². The van der Waals surface area contributed by atoms with E-state index in [4.69, 9.17) is 0 Å². The lowest BCUT2D eigenvalue weighted by Gasteiger charge is -2.11. The molecule has 0 aliphatic heterocycles. The predicted octanol–water partition coefficient (Wildman–Crippen LogP) is 4.01. The quantitative estimate of drug-likeness (QED) is 0.690. The molecule has 0 bridgehead atoms. The van der Waals surface area contributed by atoms with Crippen LogP contribution in [0, 0.1) is 5.92 Å². The summed E-state index contributed by atoms with van der Waals surface area (Å²) in [5.41, 5.74) is 2.90. The fraction of sp³-hybridized carbons (Fsp3) is 0.250. The second-order valence-corrected chi connectivity index (χ2v) is 7.48. The zero-order valence-electron chi connectivity index (χ0n) is 14.3. The molecule has 0 spiro atoms. The van der Waals surface area contributed by atoms with Crippen LogP contribution in [0.2, 0.25) is 0 Å². The Morgan fingerprint density at radius 1 is 1.19 bits per heavy atom. The van der Waals surface area contributed by atoms with Gasteiger partial charge in [0.25, 0.3) is 0 Å². The minimum Gasteiger partial charge on any atom is -0.348 e. The van der Waals surface area contributed by atoms with Crippen molar-refractivity contribution in [3.05, 3.63) is 76.5 Å². The molecule has 3 unspecified atom stereocenters. The summed E-state index contributed by atoms with van der Waals surface area (Å²) in [6, 6.07) is 17.7. The second kappa shape index (κ2) is 7.03. The molecule has 26 heavy (non-hydrogen) atoms. The molecule has 1 amide bonds. The highest BCUT2D eigenvalue weighted by atomic mass is 79.9. The smallest absolute Gasteiger partial charge is 0.224 e. The highest BCUT2D eigenvalue weighted by molar-refractivity contribution is 9.10. The predicted molar refractivity (Wildman–Crippen MR) is 103 cm³/mol. The lowest BCUT2D eigenvalue weighted by Crippen LogP contribution is -2.28. The van der Waals surface area contributed by atoms with E-state index in [1.54, 1.807) is 4.68 Å². The van der Waals surface area contributed by atoms with E-state index in [0.717, 1.165) is 22.3 Å². The Kier molecular flexibility index (Phi) is 4.59. The number of nitrogens with one attached hydrogen (secondary N) is 1. The van der Waals surface area contributed by atoms with Gasteiger partial charge in [0.1, 0.15) is 5.69 Å². The molecule has 6 heteroatoms. The first-order valence-electron chi connectivity index (χ1n) is 8.66. The van der Waals surface area contributed by atoms with Gasteiger partial charge in [-0.3, -0.25) is 4.79 Å². The average molecular weight is 411 g/mol. The molecule has 1 aliphatic rings. The standard InChI is InChI=1S/C20H19BrN4O/c1-13(19-12-25(24-23-19)14-7-3-2-4-8-14)22-20(26)17-11-16(17)15-9-5-6-10-18(15)21/h2-10,12-13,16-17H,11H2,1H3,(H,22,26). The number of amides is 1. The van der Waals surface area contributed by atoms with E-state index in [2.05, 4.69) is 37.6 Å². The number of para-hydroxylation sites is 1. The Hall–Kier alpha value is -2.47. The van der Waals surface area contributed by atoms with Crippen LogP contribution in [0.15, 0.2) is 65.3 Å². The minimum atomic E-state index is -0.180. The summed E-state index contributed by atoms with van der Waals surface area (Å²) < 4.78 is 2.79. The summed E-state index contributed by atoms with van der Waals surface area (Å²) in [4.78, 5) is 12.6. The van der Waals surface area contributed by atoms with Crippen LogP contribution in [0.4, 0.5) is 0 Å². The molecular weight excluding hydrogens is 392 g/mol. The number of aromatic nitrogens is 3. The summed E-state index contributed by atoms with van der Waals surface area (Å²) in [6.07, 6.45) is 2.75. The molecule has 3 atom stereocenters. The lowest BCUT2D eigenvalue weighted by molar-refractivity contribution is -0.123. The molecule has 5 nitrogen and oxygen atoms in total. The van der Waals surface area contributed by atoms with Crippen LogP contribution >= 0.6 is 15.9 Å². The Morgan fingerprint density at radius 2 is 1.92 bits per heavy atom. The topological polar surface area (TPSA) is 59.8 Å². The fourth-order valence-electron chi connectivity index (χ4n) is 3.18. The lowest BCUT2D eigenvalue weighted by atomic mass is 10.1. The maximum Gasteiger partial charge on any atom is 0.224 e. The van der Waals surface area contributed by atoms with E-state index in [1.807, 2.05) is 61.7 Å². The number of halogens is 1. The number of benzene rings is 2. The fourth-order valence-corrected chi connectivity index (χ4v) is 3.76. The molecule has 132 valence electrons. The minimum absolute atomic E-state index is 0.0281. The molecule has 3 aromatic rings. The van der Waals surface area contributed by atoms with Crippen LogP contribution in [0.5, 0.6) is 0 Å². The highest BCUT2D eigenvalue weighted by Gasteiger charge is 2.45. The summed E-state index contributed by atoms with van der Waals surface area (Å²) in [7, 11) is 0. The molecule has 1 saturated carbocycles. The number of carbonyl (C=O) groups is 1. The first-order valence-corrected chi connectivity index (χ1v) is 9.45. The van der Waals surface area contributed by atoms with Crippen molar-refractivity contribution >= 4 is 21.8 Å². The van der Waals surface area contributed by atoms with Gasteiger partial charge in [0.15, 0.2) is 0 Å². The van der Waals surface area contributed by atoms with Crippen molar-refractivity contribution in [2.24, 2.45) is 5.92 Å². The summed E-state index contributed by atoms with van der Waals surface area (Å²) in [6.45, 7) is 1.94. The third kappa shape index (κ3) is 3.42. The maximum atomic E-state index is 12.6. The molecule has 0 radical (unpaired) electrons. The van der Waals surface area contributed by atoms with Crippen LogP contribution in [0.25, 0.3) is 5.69 Å². The Labute approximate surface area is 160 Å². The van der Waals surface area contributed by atoms with Crippen molar-refractivity contribution in [2.45, 2.75) is 25.3 Å². The molecule has 1 N–H and O–H groups in total. The van der Waals surface area contributed by atoms with Crippen LogP contribution in [0.3, 0.4) is 0 Å². The van der Waals surface area contributed by atoms with Crippen molar-refractivity contribution in [2.75, 3.05) is 0 Å². The van der Waals surface area contributed by atoms with E-state index in [9.17, 15) is 4.79 Å². The monoisotopic (exact) mass is 410 g/mol. The molecule has 4 rings (SSSR count). The van der Waals surface area contributed by atoms with Crippen LogP contribution in [-0.4, -0.2) is 20.9 Å². The Morgan fingerprint density at radius 3 is 2.69 bits per heavy atom. The van der Waals surface area contributed by atoms with Gasteiger partial charge in [-0.1, -0.05) is 57.5 Å². The van der Waals surface area contributed by atoms with Gasteiger partial charge in [-0.25, -0.2) is 4.68 Å². The number of hydrogen-bond acceptors (Lipinski definition) is 3. The number of hydrogen-bond donors (Lipinski definition) is 1. The molecule has 1 heterocycles. The van der Waals surface area contributed by atoms with Gasteiger partial charge < -0.3 is 5.32 Å². The summed E-state index contributed by atoms with van der Waals surface area (Å²) in [5.74, 6) is 0.394. The van der Waals surface area contributed by atoms with Gasteiger partial charge in [0.05, 0.1) is 17.9 Å². The van der Waals surface area contributed by atoms with Crippen LogP contribution in [-0.2, 0) is 4.79 Å². The van der Waals surface area contributed by atoms with Crippen molar-refractivity contribution in [3.63, 3.8) is 0 Å². The van der Waals surface area contributed by atoms with Crippen LogP contribution < -0.4 is 5.32 Å². The molecule has 1 aliphatic carbocycles. The van der Waals surface area contributed by atoms with Gasteiger partial charge in [0, 0.05) is 10.4 Å². The second-order valence-electron chi connectivity index (χ2n) is 6.62. The van der Waals surface area contributed by atoms with Crippen molar-refractivity contribution in [3.8, 4) is 5.69 Å². The zero-order valence-corrected chi connectivity index (χ0v) is 15.9. The number of rotatable bonds is 5. The molecule has 0 saturated heterocycles. The zero-order chi connectivity index (χ0) is 18.1. The first kappa shape index (κ1) is 17.0. The van der Waals surface area contributed by atoms with Crippen molar-refractivity contribution in [1.29, 1.82) is 0 Å². The highest BCUT2D eigenvalue weighted by Crippen LogP contribution is 2.49. The Bertz CT molecular complexity index is 924. The Balaban J connectivity index is 1.40. The summed E-state index contributed by atoms with van der Waals surface area (Å²) >= 11 is 3.57. The first-order chi connectivity index (χ1) is 12.6. The van der Waals surface area contributed by atoms with E-state index >= 15 is 0 Å². The van der Waals surface area contributed by atoms with Gasteiger partial charge in [0.2, 0.25) is 5.91 Å². The van der Waals surface area contributed by atoms with Gasteiger partial charge in [-0.2, -0.15) is 0 Å². The van der Waals surface area contributed by atoms with Gasteiger partial charge in [-0.15, -0.1) is 5.10 Å². The number of carbonyl (C=O) groups excluding carboxylic acids is 1. The number of nitrogens with zero attached hydrogens (tertiary/aromatic N) is 3. The molecule has 2 aromatic carbocycles.